The lowest BCUT2D eigenvalue weighted by molar-refractivity contribution is -0.158. The van der Waals surface area contributed by atoms with Crippen molar-refractivity contribution >= 4 is 29.3 Å². The minimum absolute atomic E-state index is 0.0253. The van der Waals surface area contributed by atoms with Crippen LogP contribution in [-0.4, -0.2) is 23.0 Å². The van der Waals surface area contributed by atoms with Crippen molar-refractivity contribution in [1.82, 2.24) is 4.98 Å². The van der Waals surface area contributed by atoms with Crippen LogP contribution < -0.4 is 5.32 Å². The molecule has 0 radical (unpaired) electrons. The van der Waals surface area contributed by atoms with Crippen LogP contribution in [0.3, 0.4) is 0 Å². The molecular weight excluding hydrogens is 304 g/mol. The molecule has 0 saturated heterocycles. The predicted octanol–water partition coefficient (Wildman–Crippen LogP) is 3.04. The first kappa shape index (κ1) is 15.3. The Morgan fingerprint density at radius 3 is 2.77 bits per heavy atom. The summed E-state index contributed by atoms with van der Waals surface area (Å²) in [5, 5.41) is 3.11. The number of nitrogens with one attached hydrogen (secondary N) is 1. The van der Waals surface area contributed by atoms with Crippen molar-refractivity contribution in [3.05, 3.63) is 23.4 Å². The molecule has 6 heteroatoms. The number of pyridine rings is 1. The molecule has 4 atom stereocenters. The van der Waals surface area contributed by atoms with Gasteiger partial charge in [0, 0.05) is 6.20 Å². The molecule has 0 aromatic carbocycles. The number of carbonyl (C=O) groups excluding carboxylic acids is 2. The lowest BCUT2D eigenvalue weighted by Gasteiger charge is -2.22. The molecule has 2 saturated carbocycles. The van der Waals surface area contributed by atoms with Gasteiger partial charge in [0.1, 0.15) is 5.82 Å². The highest BCUT2D eigenvalue weighted by atomic mass is 35.5. The van der Waals surface area contributed by atoms with Crippen LogP contribution in [0.25, 0.3) is 0 Å². The lowest BCUT2D eigenvalue weighted by Crippen LogP contribution is -2.33. The van der Waals surface area contributed by atoms with Gasteiger partial charge in [-0.15, -0.1) is 0 Å². The molecule has 1 amide bonds. The number of ether oxygens (including phenoxy) is 1. The molecule has 2 fully saturated rings. The largest absolute Gasteiger partial charge is 0.452 e. The molecule has 5 nitrogen and oxygen atoms in total. The fourth-order valence-electron chi connectivity index (χ4n) is 3.53. The van der Waals surface area contributed by atoms with Gasteiger partial charge in [0.25, 0.3) is 5.91 Å². The predicted molar refractivity (Wildman–Crippen MR) is 82.4 cm³/mol. The van der Waals surface area contributed by atoms with Crippen LogP contribution in [0, 0.1) is 17.8 Å². The number of hydrogen-bond acceptors (Lipinski definition) is 4. The minimum atomic E-state index is -0.830. The van der Waals surface area contributed by atoms with Gasteiger partial charge in [-0.2, -0.15) is 0 Å². The summed E-state index contributed by atoms with van der Waals surface area (Å²) < 4.78 is 5.34. The molecule has 0 spiro atoms. The zero-order valence-corrected chi connectivity index (χ0v) is 13.2. The summed E-state index contributed by atoms with van der Waals surface area (Å²) in [6.07, 6.45) is 5.00. The third-order valence-electron chi connectivity index (χ3n) is 4.68. The van der Waals surface area contributed by atoms with Crippen molar-refractivity contribution in [1.29, 1.82) is 0 Å². The van der Waals surface area contributed by atoms with Crippen LogP contribution >= 0.6 is 11.6 Å². The van der Waals surface area contributed by atoms with Crippen molar-refractivity contribution in [3.63, 3.8) is 0 Å². The van der Waals surface area contributed by atoms with Crippen molar-refractivity contribution in [3.8, 4) is 0 Å². The number of aromatic nitrogens is 1. The van der Waals surface area contributed by atoms with E-state index in [1.54, 1.807) is 19.1 Å². The fraction of sp³-hybridized carbons (Fsp3) is 0.562. The average molecular weight is 323 g/mol. The normalized spacial score (nSPS) is 27.5. The molecular formula is C16H19ClN2O3. The van der Waals surface area contributed by atoms with Gasteiger partial charge in [0.2, 0.25) is 0 Å². The molecule has 118 valence electrons. The van der Waals surface area contributed by atoms with Crippen molar-refractivity contribution in [2.45, 2.75) is 38.7 Å². The van der Waals surface area contributed by atoms with Crippen LogP contribution in [0.2, 0.25) is 5.02 Å². The monoisotopic (exact) mass is 322 g/mol. The van der Waals surface area contributed by atoms with Gasteiger partial charge >= 0.3 is 5.97 Å². The Hall–Kier alpha value is -1.62. The molecule has 2 aliphatic carbocycles. The summed E-state index contributed by atoms with van der Waals surface area (Å²) in [4.78, 5) is 28.2. The van der Waals surface area contributed by atoms with E-state index >= 15 is 0 Å². The van der Waals surface area contributed by atoms with E-state index < -0.39 is 6.10 Å². The summed E-state index contributed by atoms with van der Waals surface area (Å²) in [6.45, 7) is 1.58. The van der Waals surface area contributed by atoms with E-state index in [4.69, 9.17) is 16.3 Å². The molecule has 1 N–H and O–H groups in total. The first-order valence-electron chi connectivity index (χ1n) is 7.66. The molecule has 3 rings (SSSR count). The van der Waals surface area contributed by atoms with Crippen molar-refractivity contribution in [2.24, 2.45) is 17.8 Å². The third kappa shape index (κ3) is 3.24. The number of fused-ring (bicyclic) bond motifs is 2. The zero-order chi connectivity index (χ0) is 15.7. The van der Waals surface area contributed by atoms with Crippen molar-refractivity contribution in [2.75, 3.05) is 5.32 Å². The lowest BCUT2D eigenvalue weighted by atomic mass is 9.89. The smallest absolute Gasteiger partial charge is 0.309 e. The maximum absolute atomic E-state index is 12.2. The maximum atomic E-state index is 12.2. The van der Waals surface area contributed by atoms with Crippen LogP contribution in [0.5, 0.6) is 0 Å². The minimum Gasteiger partial charge on any atom is -0.452 e. The Bertz CT molecular complexity index is 575. The standard InChI is InChI=1S/C16H19ClN2O3/c1-9(15(20)19-14-5-4-12(17)8-18-14)22-16(21)13-7-10-2-3-11(13)6-10/h4-5,8-11,13H,2-3,6-7H2,1H3,(H,18,19,20)/t9-,10-,11-,13-/m0/s1. The van der Waals surface area contributed by atoms with Gasteiger partial charge < -0.3 is 10.1 Å². The van der Waals surface area contributed by atoms with E-state index in [9.17, 15) is 9.59 Å². The summed E-state index contributed by atoms with van der Waals surface area (Å²) in [5.74, 6) is 0.862. The van der Waals surface area contributed by atoms with Crippen LogP contribution in [0.1, 0.15) is 32.6 Å². The van der Waals surface area contributed by atoms with E-state index in [1.807, 2.05) is 0 Å². The van der Waals surface area contributed by atoms with Gasteiger partial charge in [-0.3, -0.25) is 9.59 Å². The Morgan fingerprint density at radius 2 is 2.18 bits per heavy atom. The number of carbonyl (C=O) groups is 2. The highest BCUT2D eigenvalue weighted by molar-refractivity contribution is 6.30. The topological polar surface area (TPSA) is 68.3 Å². The summed E-state index contributed by atoms with van der Waals surface area (Å²) >= 11 is 5.74. The average Bonchev–Trinajstić information content (AvgIpc) is 3.12. The maximum Gasteiger partial charge on any atom is 0.309 e. The number of halogens is 1. The van der Waals surface area contributed by atoms with Gasteiger partial charge in [-0.25, -0.2) is 4.98 Å². The Labute approximate surface area is 134 Å². The van der Waals surface area contributed by atoms with Crippen molar-refractivity contribution < 1.29 is 14.3 Å². The Kier molecular flexibility index (Phi) is 4.34. The summed E-state index contributed by atoms with van der Waals surface area (Å²) in [5.41, 5.74) is 0. The number of hydrogen-bond donors (Lipinski definition) is 1. The number of amides is 1. The Morgan fingerprint density at radius 1 is 1.36 bits per heavy atom. The highest BCUT2D eigenvalue weighted by Gasteiger charge is 2.44. The number of esters is 1. The van der Waals surface area contributed by atoms with E-state index in [0.29, 0.717) is 22.7 Å². The molecule has 1 heterocycles. The number of anilines is 1. The van der Waals surface area contributed by atoms with Gasteiger partial charge in [-0.05, 0) is 50.2 Å². The fourth-order valence-corrected chi connectivity index (χ4v) is 3.64. The SMILES string of the molecule is C[C@H](OC(=O)[C@H]1C[C@H]2CC[C@H]1C2)C(=O)Nc1ccc(Cl)cn1. The number of rotatable bonds is 4. The molecule has 0 aliphatic heterocycles. The highest BCUT2D eigenvalue weighted by Crippen LogP contribution is 2.48. The molecule has 0 unspecified atom stereocenters. The van der Waals surface area contributed by atoms with E-state index in [0.717, 1.165) is 19.3 Å². The summed E-state index contributed by atoms with van der Waals surface area (Å²) in [7, 11) is 0. The third-order valence-corrected chi connectivity index (χ3v) is 4.91. The van der Waals surface area contributed by atoms with E-state index in [1.165, 1.54) is 12.6 Å². The summed E-state index contributed by atoms with van der Waals surface area (Å²) in [6, 6.07) is 3.24. The molecule has 22 heavy (non-hydrogen) atoms. The second-order valence-corrected chi connectivity index (χ2v) is 6.65. The van der Waals surface area contributed by atoms with Crippen LogP contribution in [0.4, 0.5) is 5.82 Å². The van der Waals surface area contributed by atoms with Gasteiger partial charge in [-0.1, -0.05) is 18.0 Å². The van der Waals surface area contributed by atoms with Gasteiger partial charge in [0.15, 0.2) is 6.10 Å². The van der Waals surface area contributed by atoms with E-state index in [2.05, 4.69) is 10.3 Å². The second-order valence-electron chi connectivity index (χ2n) is 6.21. The number of nitrogens with zero attached hydrogens (tertiary/aromatic N) is 1. The molecule has 1 aromatic heterocycles. The first-order chi connectivity index (χ1) is 10.5. The first-order valence-corrected chi connectivity index (χ1v) is 8.03. The quantitative estimate of drug-likeness (QED) is 0.865. The van der Waals surface area contributed by atoms with Gasteiger partial charge in [0.05, 0.1) is 10.9 Å². The van der Waals surface area contributed by atoms with Crippen LogP contribution in [-0.2, 0) is 14.3 Å². The second kappa shape index (κ2) is 6.24. The molecule has 1 aromatic rings. The molecule has 2 aliphatic rings. The van der Waals surface area contributed by atoms with Crippen LogP contribution in [0.15, 0.2) is 18.3 Å². The van der Waals surface area contributed by atoms with E-state index in [-0.39, 0.29) is 17.8 Å². The zero-order valence-electron chi connectivity index (χ0n) is 12.4. The molecule has 2 bridgehead atoms. The Balaban J connectivity index is 1.52.